The fraction of sp³-hybridized carbons (Fsp3) is 0.594. The number of aryl methyl sites for hydroxylation is 2. The number of aliphatic hydroxyl groups is 2. The van der Waals surface area contributed by atoms with Crippen LogP contribution in [0.3, 0.4) is 0 Å². The summed E-state index contributed by atoms with van der Waals surface area (Å²) in [6.45, 7) is 15.1. The number of carboxylic acid groups (broad SMARTS) is 1. The van der Waals surface area contributed by atoms with Crippen LogP contribution in [0.25, 0.3) is 0 Å². The van der Waals surface area contributed by atoms with Gasteiger partial charge in [0.25, 0.3) is 0 Å². The van der Waals surface area contributed by atoms with Crippen LogP contribution in [0.1, 0.15) is 113 Å². The summed E-state index contributed by atoms with van der Waals surface area (Å²) in [6.07, 6.45) is 3.49. The summed E-state index contributed by atoms with van der Waals surface area (Å²) in [5, 5.41) is 29.7. The fourth-order valence-electron chi connectivity index (χ4n) is 5.65. The van der Waals surface area contributed by atoms with Crippen LogP contribution in [-0.2, 0) is 10.2 Å². The topological polar surface area (TPSA) is 87.0 Å². The Bertz CT molecular complexity index is 1020. The molecule has 0 aliphatic carbocycles. The second kappa shape index (κ2) is 13.4. The summed E-state index contributed by atoms with van der Waals surface area (Å²) in [4.78, 5) is 10.7. The van der Waals surface area contributed by atoms with Crippen molar-refractivity contribution in [2.24, 2.45) is 0 Å². The van der Waals surface area contributed by atoms with Crippen molar-refractivity contribution in [1.82, 2.24) is 0 Å². The van der Waals surface area contributed by atoms with E-state index in [4.69, 9.17) is 9.84 Å². The quantitative estimate of drug-likeness (QED) is 0.238. The zero-order valence-corrected chi connectivity index (χ0v) is 23.9. The van der Waals surface area contributed by atoms with Gasteiger partial charge in [-0.25, -0.2) is 0 Å². The van der Waals surface area contributed by atoms with Crippen LogP contribution >= 0.6 is 0 Å². The van der Waals surface area contributed by atoms with Crippen molar-refractivity contribution in [1.29, 1.82) is 0 Å². The first-order valence-electron chi connectivity index (χ1n) is 13.9. The number of carbonyl (C=O) groups is 1. The predicted molar refractivity (Wildman–Crippen MR) is 151 cm³/mol. The highest BCUT2D eigenvalue weighted by molar-refractivity contribution is 5.66. The van der Waals surface area contributed by atoms with Gasteiger partial charge in [0.15, 0.2) is 0 Å². The lowest BCUT2D eigenvalue weighted by Gasteiger charge is -2.35. The number of aliphatic hydroxyl groups excluding tert-OH is 1. The Labute approximate surface area is 223 Å². The molecule has 2 rings (SSSR count). The molecule has 2 atom stereocenters. The van der Waals surface area contributed by atoms with Gasteiger partial charge in [-0.2, -0.15) is 0 Å². The smallest absolute Gasteiger partial charge is 0.303 e. The first-order chi connectivity index (χ1) is 17.4. The minimum atomic E-state index is -0.920. The second-order valence-electron chi connectivity index (χ2n) is 10.8. The summed E-state index contributed by atoms with van der Waals surface area (Å²) in [5.74, 6) is 0.0660. The summed E-state index contributed by atoms with van der Waals surface area (Å²) in [5.41, 5.74) is 5.34. The highest BCUT2D eigenvalue weighted by atomic mass is 16.5. The lowest BCUT2D eigenvalue weighted by Crippen LogP contribution is -2.29. The zero-order valence-electron chi connectivity index (χ0n) is 23.9. The van der Waals surface area contributed by atoms with Gasteiger partial charge in [0.05, 0.1) is 11.7 Å². The van der Waals surface area contributed by atoms with Gasteiger partial charge in [0, 0.05) is 11.8 Å². The number of ether oxygens (including phenoxy) is 1. The molecule has 0 radical (unpaired) electrons. The Balaban J connectivity index is 2.30. The van der Waals surface area contributed by atoms with E-state index in [1.807, 2.05) is 13.0 Å². The molecule has 3 N–H and O–H groups in total. The molecule has 0 fully saturated rings. The van der Waals surface area contributed by atoms with E-state index >= 15 is 0 Å². The van der Waals surface area contributed by atoms with E-state index in [1.165, 1.54) is 22.3 Å². The SMILES string of the molecule is CCC(O)(CC)CC(C)c1ccc(C(CC)(CC)c2ccc(OCC(O)CCC(=O)O)c(C)c2)cc1C. The van der Waals surface area contributed by atoms with Crippen LogP contribution in [0.2, 0.25) is 0 Å². The molecule has 0 amide bonds. The van der Waals surface area contributed by atoms with Gasteiger partial charge in [-0.3, -0.25) is 4.79 Å². The normalized spacial score (nSPS) is 13.9. The van der Waals surface area contributed by atoms with Crippen molar-refractivity contribution >= 4 is 5.97 Å². The third-order valence-corrected chi connectivity index (χ3v) is 8.41. The van der Waals surface area contributed by atoms with Gasteiger partial charge >= 0.3 is 5.97 Å². The van der Waals surface area contributed by atoms with Gasteiger partial charge in [-0.05, 0) is 92.2 Å². The van der Waals surface area contributed by atoms with Crippen molar-refractivity contribution in [2.75, 3.05) is 6.61 Å². The summed E-state index contributed by atoms with van der Waals surface area (Å²) < 4.78 is 5.83. The van der Waals surface area contributed by atoms with E-state index in [-0.39, 0.29) is 30.8 Å². The molecule has 2 aromatic carbocycles. The predicted octanol–water partition coefficient (Wildman–Crippen LogP) is 7.06. The summed E-state index contributed by atoms with van der Waals surface area (Å²) >= 11 is 0. The number of hydrogen-bond donors (Lipinski definition) is 3. The van der Waals surface area contributed by atoms with E-state index in [0.29, 0.717) is 5.75 Å². The molecular weight excluding hydrogens is 464 g/mol. The largest absolute Gasteiger partial charge is 0.491 e. The first kappa shape index (κ1) is 30.9. The Morgan fingerprint density at radius 1 is 0.919 bits per heavy atom. The zero-order chi connectivity index (χ0) is 27.8. The molecule has 0 heterocycles. The standard InChI is InChI=1S/C32H48O5/c1-8-31(36,9-2)20-24(7)28-15-12-25(18-22(28)5)32(10-3,11-4)26-13-16-29(23(6)19-26)37-21-27(33)14-17-30(34)35/h12-13,15-16,18-19,24,27,33,36H,8-11,14,17,20-21H2,1-7H3,(H,34,35). The number of hydrogen-bond acceptors (Lipinski definition) is 4. The molecule has 0 aromatic heterocycles. The maximum absolute atomic E-state index is 10.9. The van der Waals surface area contributed by atoms with E-state index < -0.39 is 17.7 Å². The summed E-state index contributed by atoms with van der Waals surface area (Å²) in [7, 11) is 0. The number of aliphatic carboxylic acids is 1. The van der Waals surface area contributed by atoms with E-state index in [2.05, 4.69) is 71.9 Å². The first-order valence-corrected chi connectivity index (χ1v) is 13.9. The average Bonchev–Trinajstić information content (AvgIpc) is 2.87. The second-order valence-corrected chi connectivity index (χ2v) is 10.8. The van der Waals surface area contributed by atoms with Crippen LogP contribution in [0.4, 0.5) is 0 Å². The molecule has 5 nitrogen and oxygen atoms in total. The molecule has 2 unspecified atom stereocenters. The Morgan fingerprint density at radius 3 is 1.97 bits per heavy atom. The van der Waals surface area contributed by atoms with Crippen molar-refractivity contribution < 1.29 is 24.9 Å². The van der Waals surface area contributed by atoms with E-state index in [1.54, 1.807) is 0 Å². The lowest BCUT2D eigenvalue weighted by molar-refractivity contribution is -0.137. The Hall–Kier alpha value is -2.37. The number of carboxylic acids is 1. The fourth-order valence-corrected chi connectivity index (χ4v) is 5.65. The highest BCUT2D eigenvalue weighted by Gasteiger charge is 2.32. The van der Waals surface area contributed by atoms with Gasteiger partial charge in [0.1, 0.15) is 12.4 Å². The van der Waals surface area contributed by atoms with E-state index in [9.17, 15) is 15.0 Å². The van der Waals surface area contributed by atoms with Crippen LogP contribution in [0.15, 0.2) is 36.4 Å². The van der Waals surface area contributed by atoms with Crippen LogP contribution in [-0.4, -0.2) is 39.6 Å². The molecule has 2 aromatic rings. The van der Waals surface area contributed by atoms with Gasteiger partial charge in [0.2, 0.25) is 0 Å². The third kappa shape index (κ3) is 7.58. The van der Waals surface area contributed by atoms with Gasteiger partial charge < -0.3 is 20.1 Å². The number of rotatable bonds is 15. The minimum Gasteiger partial charge on any atom is -0.491 e. The average molecular weight is 513 g/mol. The van der Waals surface area contributed by atoms with Crippen molar-refractivity contribution in [3.8, 4) is 5.75 Å². The Kier molecular flexibility index (Phi) is 11.2. The molecule has 5 heteroatoms. The van der Waals surface area contributed by atoms with Gasteiger partial charge in [-0.1, -0.05) is 65.0 Å². The molecule has 37 heavy (non-hydrogen) atoms. The van der Waals surface area contributed by atoms with Crippen LogP contribution in [0.5, 0.6) is 5.75 Å². The molecule has 0 aliphatic rings. The molecule has 0 aliphatic heterocycles. The molecule has 0 bridgehead atoms. The van der Waals surface area contributed by atoms with Crippen molar-refractivity contribution in [2.45, 2.75) is 116 Å². The van der Waals surface area contributed by atoms with Crippen molar-refractivity contribution in [3.63, 3.8) is 0 Å². The molecule has 0 spiro atoms. The molecule has 0 saturated carbocycles. The monoisotopic (exact) mass is 512 g/mol. The maximum atomic E-state index is 10.9. The van der Waals surface area contributed by atoms with Crippen LogP contribution < -0.4 is 4.74 Å². The summed E-state index contributed by atoms with van der Waals surface area (Å²) in [6, 6.07) is 13.1. The van der Waals surface area contributed by atoms with Crippen molar-refractivity contribution in [3.05, 3.63) is 64.2 Å². The molecule has 0 saturated heterocycles. The molecule has 206 valence electrons. The van der Waals surface area contributed by atoms with Gasteiger partial charge in [-0.15, -0.1) is 0 Å². The lowest BCUT2D eigenvalue weighted by atomic mass is 9.69. The minimum absolute atomic E-state index is 0.0736. The maximum Gasteiger partial charge on any atom is 0.303 e. The Morgan fingerprint density at radius 2 is 1.49 bits per heavy atom. The van der Waals surface area contributed by atoms with Crippen LogP contribution in [0, 0.1) is 13.8 Å². The molecular formula is C32H48O5. The van der Waals surface area contributed by atoms with E-state index in [0.717, 1.165) is 37.7 Å². The number of benzene rings is 2. The highest BCUT2D eigenvalue weighted by Crippen LogP contribution is 2.42. The third-order valence-electron chi connectivity index (χ3n) is 8.41.